The van der Waals surface area contributed by atoms with Crippen molar-refractivity contribution in [2.45, 2.75) is 6.54 Å². The van der Waals surface area contributed by atoms with E-state index in [1.165, 1.54) is 10.4 Å². The van der Waals surface area contributed by atoms with Crippen molar-refractivity contribution in [2.75, 3.05) is 0 Å². The van der Waals surface area contributed by atoms with Crippen LogP contribution in [0.5, 0.6) is 0 Å². The highest BCUT2D eigenvalue weighted by Crippen LogP contribution is 2.33. The van der Waals surface area contributed by atoms with Gasteiger partial charge in [-0.05, 0) is 11.4 Å². The molecule has 1 aliphatic heterocycles. The number of nitrogens with zero attached hydrogens (tertiary/aromatic N) is 1. The minimum atomic E-state index is 0.810. The summed E-state index contributed by atoms with van der Waals surface area (Å²) in [6, 6.07) is 2.05. The van der Waals surface area contributed by atoms with E-state index in [4.69, 9.17) is 11.6 Å². The average Bonchev–Trinajstić information content (AvgIpc) is 2.34. The SMILES string of the molecule is ClC1=CN(Br)Cc2sccc21. The lowest BCUT2D eigenvalue weighted by Gasteiger charge is -2.17. The zero-order valence-electron chi connectivity index (χ0n) is 5.55. The van der Waals surface area contributed by atoms with Crippen LogP contribution in [0.3, 0.4) is 0 Å². The van der Waals surface area contributed by atoms with Gasteiger partial charge in [0, 0.05) is 32.8 Å². The summed E-state index contributed by atoms with van der Waals surface area (Å²) in [5, 5.41) is 2.87. The topological polar surface area (TPSA) is 3.24 Å². The Labute approximate surface area is 82.6 Å². The molecule has 2 rings (SSSR count). The first-order valence-corrected chi connectivity index (χ1v) is 5.10. The van der Waals surface area contributed by atoms with Crippen LogP contribution in [0.25, 0.3) is 5.03 Å². The van der Waals surface area contributed by atoms with Gasteiger partial charge in [-0.2, -0.15) is 0 Å². The van der Waals surface area contributed by atoms with Crippen molar-refractivity contribution >= 4 is 44.1 Å². The number of rotatable bonds is 0. The third kappa shape index (κ3) is 1.33. The van der Waals surface area contributed by atoms with E-state index in [-0.39, 0.29) is 0 Å². The smallest absolute Gasteiger partial charge is 0.0657 e. The lowest BCUT2D eigenvalue weighted by molar-refractivity contribution is 0.642. The van der Waals surface area contributed by atoms with Crippen LogP contribution in [0.1, 0.15) is 10.4 Å². The summed E-state index contributed by atoms with van der Waals surface area (Å²) < 4.78 is 1.91. The molecule has 2 heterocycles. The second kappa shape index (κ2) is 2.81. The molecule has 0 spiro atoms. The molecule has 1 aliphatic rings. The van der Waals surface area contributed by atoms with Crippen molar-refractivity contribution in [2.24, 2.45) is 0 Å². The van der Waals surface area contributed by atoms with Gasteiger partial charge in [-0.25, -0.2) is 0 Å². The van der Waals surface area contributed by atoms with E-state index in [1.807, 2.05) is 10.1 Å². The van der Waals surface area contributed by atoms with Crippen molar-refractivity contribution in [3.63, 3.8) is 0 Å². The molecule has 0 aromatic carbocycles. The standard InChI is InChI=1S/C7H5BrClNS/c8-10-3-6(9)5-1-2-11-7(5)4-10/h1-3H,4H2. The number of hydrogen-bond donors (Lipinski definition) is 0. The van der Waals surface area contributed by atoms with Crippen molar-refractivity contribution in [3.8, 4) is 0 Å². The molecule has 0 amide bonds. The first-order valence-electron chi connectivity index (χ1n) is 3.14. The third-order valence-electron chi connectivity index (χ3n) is 1.55. The second-order valence-electron chi connectivity index (χ2n) is 2.29. The number of fused-ring (bicyclic) bond motifs is 1. The maximum Gasteiger partial charge on any atom is 0.0657 e. The number of thiophene rings is 1. The Bertz CT molecular complexity index is 307. The summed E-state index contributed by atoms with van der Waals surface area (Å²) in [5.74, 6) is 0. The molecule has 1 aromatic heterocycles. The Morgan fingerprint density at radius 1 is 1.64 bits per heavy atom. The van der Waals surface area contributed by atoms with Crippen LogP contribution in [0.15, 0.2) is 17.6 Å². The molecule has 0 saturated carbocycles. The van der Waals surface area contributed by atoms with Crippen molar-refractivity contribution < 1.29 is 0 Å². The summed E-state index contributed by atoms with van der Waals surface area (Å²) in [4.78, 5) is 1.31. The van der Waals surface area contributed by atoms with Gasteiger partial charge in [0.1, 0.15) is 0 Å². The molecule has 0 radical (unpaired) electrons. The molecule has 0 saturated heterocycles. The van der Waals surface area contributed by atoms with Crippen LogP contribution in [-0.2, 0) is 6.54 Å². The quantitative estimate of drug-likeness (QED) is 0.638. The molecule has 0 unspecified atom stereocenters. The Hall–Kier alpha value is 0.01000. The Kier molecular flexibility index (Phi) is 1.95. The van der Waals surface area contributed by atoms with Gasteiger partial charge in [0.2, 0.25) is 0 Å². The van der Waals surface area contributed by atoms with Crippen LogP contribution in [0.4, 0.5) is 0 Å². The third-order valence-corrected chi connectivity index (χ3v) is 3.21. The maximum atomic E-state index is 5.98. The predicted molar refractivity (Wildman–Crippen MR) is 52.6 cm³/mol. The molecule has 4 heteroatoms. The lowest BCUT2D eigenvalue weighted by atomic mass is 10.2. The van der Waals surface area contributed by atoms with E-state index in [9.17, 15) is 0 Å². The zero-order chi connectivity index (χ0) is 7.84. The van der Waals surface area contributed by atoms with Gasteiger partial charge in [0.05, 0.1) is 11.6 Å². The van der Waals surface area contributed by atoms with Gasteiger partial charge in [-0.15, -0.1) is 11.3 Å². The van der Waals surface area contributed by atoms with Crippen LogP contribution in [-0.4, -0.2) is 3.93 Å². The molecule has 0 N–H and O–H groups in total. The molecule has 0 bridgehead atoms. The van der Waals surface area contributed by atoms with E-state index in [0.717, 1.165) is 11.6 Å². The van der Waals surface area contributed by atoms with Gasteiger partial charge in [-0.1, -0.05) is 11.6 Å². The molecule has 11 heavy (non-hydrogen) atoms. The normalized spacial score (nSPS) is 16.2. The molecule has 58 valence electrons. The van der Waals surface area contributed by atoms with Crippen molar-refractivity contribution in [1.29, 1.82) is 0 Å². The maximum absolute atomic E-state index is 5.98. The Balaban J connectivity index is 2.50. The minimum absolute atomic E-state index is 0.810. The van der Waals surface area contributed by atoms with Gasteiger partial charge < -0.3 is 3.93 Å². The van der Waals surface area contributed by atoms with E-state index in [1.54, 1.807) is 11.3 Å². The van der Waals surface area contributed by atoms with Gasteiger partial charge in [0.25, 0.3) is 0 Å². The molecular weight excluding hydrogens is 246 g/mol. The zero-order valence-corrected chi connectivity index (χ0v) is 8.71. The van der Waals surface area contributed by atoms with Crippen molar-refractivity contribution in [1.82, 2.24) is 3.93 Å². The first-order chi connectivity index (χ1) is 5.27. The molecular formula is C7H5BrClNS. The van der Waals surface area contributed by atoms with E-state index < -0.39 is 0 Å². The van der Waals surface area contributed by atoms with E-state index in [2.05, 4.69) is 27.6 Å². The average molecular weight is 251 g/mol. The highest BCUT2D eigenvalue weighted by Gasteiger charge is 2.14. The predicted octanol–water partition coefficient (Wildman–Crippen LogP) is 3.41. The number of halogens is 2. The van der Waals surface area contributed by atoms with Gasteiger partial charge in [-0.3, -0.25) is 0 Å². The van der Waals surface area contributed by atoms with Crippen LogP contribution >= 0.6 is 39.1 Å². The first kappa shape index (κ1) is 7.65. The summed E-state index contributed by atoms with van der Waals surface area (Å²) in [6.07, 6.45) is 1.89. The summed E-state index contributed by atoms with van der Waals surface area (Å²) >= 11 is 11.1. The summed E-state index contributed by atoms with van der Waals surface area (Å²) in [6.45, 7) is 0.906. The van der Waals surface area contributed by atoms with Crippen LogP contribution < -0.4 is 0 Å². The van der Waals surface area contributed by atoms with E-state index in [0.29, 0.717) is 0 Å². The molecule has 0 fully saturated rings. The largest absolute Gasteiger partial charge is 0.309 e. The van der Waals surface area contributed by atoms with Crippen molar-refractivity contribution in [3.05, 3.63) is 28.1 Å². The highest BCUT2D eigenvalue weighted by atomic mass is 79.9. The van der Waals surface area contributed by atoms with Crippen LogP contribution in [0.2, 0.25) is 0 Å². The van der Waals surface area contributed by atoms with Gasteiger partial charge >= 0.3 is 0 Å². The molecule has 0 atom stereocenters. The Morgan fingerprint density at radius 3 is 3.27 bits per heavy atom. The number of hydrogen-bond acceptors (Lipinski definition) is 2. The summed E-state index contributed by atoms with van der Waals surface area (Å²) in [7, 11) is 0. The van der Waals surface area contributed by atoms with Crippen LogP contribution in [0, 0.1) is 0 Å². The fourth-order valence-electron chi connectivity index (χ4n) is 1.05. The Morgan fingerprint density at radius 2 is 2.45 bits per heavy atom. The fraction of sp³-hybridized carbons (Fsp3) is 0.143. The monoisotopic (exact) mass is 249 g/mol. The fourth-order valence-corrected chi connectivity index (χ4v) is 3.03. The molecule has 0 aliphatic carbocycles. The van der Waals surface area contributed by atoms with E-state index >= 15 is 0 Å². The van der Waals surface area contributed by atoms with Gasteiger partial charge in [0.15, 0.2) is 0 Å². The second-order valence-corrected chi connectivity index (χ2v) is 4.61. The molecule has 1 aromatic rings. The molecule has 1 nitrogen and oxygen atoms in total. The highest BCUT2D eigenvalue weighted by molar-refractivity contribution is 9.07. The summed E-state index contributed by atoms with van der Waals surface area (Å²) in [5.41, 5.74) is 1.17. The minimum Gasteiger partial charge on any atom is -0.309 e. The lowest BCUT2D eigenvalue weighted by Crippen LogP contribution is -2.07.